The summed E-state index contributed by atoms with van der Waals surface area (Å²) in [5.74, 6) is 0. The number of aliphatic hydroxyl groups is 2. The monoisotopic (exact) mass is 181 g/mol. The van der Waals surface area contributed by atoms with Crippen LogP contribution in [0, 0.1) is 0 Å². The van der Waals surface area contributed by atoms with Gasteiger partial charge in [-0.3, -0.25) is 0 Å². The first kappa shape index (κ1) is 10.2. The van der Waals surface area contributed by atoms with Crippen molar-refractivity contribution >= 4 is 0 Å². The Labute approximate surface area is 77.8 Å². The van der Waals surface area contributed by atoms with Gasteiger partial charge in [0.1, 0.15) is 0 Å². The summed E-state index contributed by atoms with van der Waals surface area (Å²) >= 11 is 0. The summed E-state index contributed by atoms with van der Waals surface area (Å²) in [6.07, 6.45) is -0.191. The van der Waals surface area contributed by atoms with Crippen LogP contribution in [0.5, 0.6) is 0 Å². The van der Waals surface area contributed by atoms with Crippen molar-refractivity contribution in [3.05, 3.63) is 35.9 Å². The lowest BCUT2D eigenvalue weighted by Crippen LogP contribution is -2.26. The minimum absolute atomic E-state index is 0.0934. The molecule has 0 saturated heterocycles. The van der Waals surface area contributed by atoms with Crippen LogP contribution < -0.4 is 5.73 Å². The normalized spacial score (nSPS) is 15.3. The largest absolute Gasteiger partial charge is 0.395 e. The molecular weight excluding hydrogens is 166 g/mol. The van der Waals surface area contributed by atoms with E-state index in [-0.39, 0.29) is 12.6 Å². The van der Waals surface area contributed by atoms with E-state index in [1.807, 2.05) is 30.3 Å². The third kappa shape index (κ3) is 3.14. The molecule has 0 radical (unpaired) electrons. The average molecular weight is 181 g/mol. The smallest absolute Gasteiger partial charge is 0.0805 e. The van der Waals surface area contributed by atoms with Crippen molar-refractivity contribution in [1.82, 2.24) is 0 Å². The summed E-state index contributed by atoms with van der Waals surface area (Å²) in [4.78, 5) is 0. The maximum Gasteiger partial charge on any atom is 0.0805 e. The summed E-state index contributed by atoms with van der Waals surface area (Å²) in [5.41, 5.74) is 6.34. The Kier molecular flexibility index (Phi) is 3.89. The molecule has 0 saturated carbocycles. The van der Waals surface area contributed by atoms with E-state index in [9.17, 15) is 5.11 Å². The van der Waals surface area contributed by atoms with Gasteiger partial charge in [-0.1, -0.05) is 30.3 Å². The molecule has 0 spiro atoms. The van der Waals surface area contributed by atoms with Crippen LogP contribution >= 0.6 is 0 Å². The fraction of sp³-hybridized carbons (Fsp3) is 0.400. The Morgan fingerprint density at radius 3 is 2.38 bits per heavy atom. The van der Waals surface area contributed by atoms with Crippen LogP contribution in [0.3, 0.4) is 0 Å². The van der Waals surface area contributed by atoms with Gasteiger partial charge in [-0.15, -0.1) is 0 Å². The molecule has 0 heterocycles. The lowest BCUT2D eigenvalue weighted by atomic mass is 10.0. The second kappa shape index (κ2) is 4.97. The first-order chi connectivity index (χ1) is 6.24. The molecule has 13 heavy (non-hydrogen) atoms. The third-order valence-corrected chi connectivity index (χ3v) is 1.94. The molecule has 0 bridgehead atoms. The van der Waals surface area contributed by atoms with Gasteiger partial charge in [0.05, 0.1) is 12.7 Å². The van der Waals surface area contributed by atoms with Crippen LogP contribution in [0.2, 0.25) is 0 Å². The van der Waals surface area contributed by atoms with Gasteiger partial charge in [0.15, 0.2) is 0 Å². The van der Waals surface area contributed by atoms with Crippen LogP contribution in [0.4, 0.5) is 0 Å². The second-order valence-electron chi connectivity index (χ2n) is 3.10. The number of hydrogen-bond donors (Lipinski definition) is 3. The molecule has 3 nitrogen and oxygen atoms in total. The van der Waals surface area contributed by atoms with Crippen molar-refractivity contribution in [3.8, 4) is 0 Å². The van der Waals surface area contributed by atoms with Gasteiger partial charge in [-0.05, 0) is 12.0 Å². The highest BCUT2D eigenvalue weighted by atomic mass is 16.3. The maximum absolute atomic E-state index is 9.63. The molecule has 0 aromatic heterocycles. The van der Waals surface area contributed by atoms with Crippen molar-refractivity contribution in [2.45, 2.75) is 18.6 Å². The van der Waals surface area contributed by atoms with Gasteiger partial charge in [0.25, 0.3) is 0 Å². The van der Waals surface area contributed by atoms with Gasteiger partial charge in [0, 0.05) is 6.04 Å². The van der Waals surface area contributed by atoms with Crippen molar-refractivity contribution < 1.29 is 10.2 Å². The number of hydrogen-bond acceptors (Lipinski definition) is 3. The van der Waals surface area contributed by atoms with E-state index >= 15 is 0 Å². The molecule has 3 heteroatoms. The Morgan fingerprint density at radius 2 is 1.85 bits per heavy atom. The SMILES string of the molecule is N[C@@H](CO)C[C@@H](O)c1ccccc1. The summed E-state index contributed by atoms with van der Waals surface area (Å²) in [7, 11) is 0. The van der Waals surface area contributed by atoms with Crippen LogP contribution in [0.15, 0.2) is 30.3 Å². The van der Waals surface area contributed by atoms with Crippen LogP contribution in [0.25, 0.3) is 0 Å². The zero-order chi connectivity index (χ0) is 9.68. The lowest BCUT2D eigenvalue weighted by molar-refractivity contribution is 0.140. The zero-order valence-corrected chi connectivity index (χ0v) is 7.43. The fourth-order valence-electron chi connectivity index (χ4n) is 1.17. The first-order valence-corrected chi connectivity index (χ1v) is 4.33. The lowest BCUT2D eigenvalue weighted by Gasteiger charge is -2.14. The molecule has 4 N–H and O–H groups in total. The van der Waals surface area contributed by atoms with Gasteiger partial charge in [0.2, 0.25) is 0 Å². The fourth-order valence-corrected chi connectivity index (χ4v) is 1.17. The van der Waals surface area contributed by atoms with E-state index in [1.165, 1.54) is 0 Å². The highest BCUT2D eigenvalue weighted by Crippen LogP contribution is 2.16. The molecule has 1 aromatic rings. The highest BCUT2D eigenvalue weighted by molar-refractivity contribution is 5.17. The predicted octanol–water partition coefficient (Wildman–Crippen LogP) is 0.430. The standard InChI is InChI=1S/C10H15NO2/c11-9(7-12)6-10(13)8-4-2-1-3-5-8/h1-5,9-10,12-13H,6-7,11H2/t9-,10-/m1/s1. The molecule has 72 valence electrons. The number of rotatable bonds is 4. The minimum Gasteiger partial charge on any atom is -0.395 e. The van der Waals surface area contributed by atoms with E-state index in [0.29, 0.717) is 6.42 Å². The Hall–Kier alpha value is -0.900. The zero-order valence-electron chi connectivity index (χ0n) is 7.43. The molecule has 1 rings (SSSR count). The third-order valence-electron chi connectivity index (χ3n) is 1.94. The Bertz CT molecular complexity index is 238. The molecule has 0 unspecified atom stereocenters. The van der Waals surface area contributed by atoms with E-state index in [2.05, 4.69) is 0 Å². The van der Waals surface area contributed by atoms with Crippen molar-refractivity contribution in [1.29, 1.82) is 0 Å². The highest BCUT2D eigenvalue weighted by Gasteiger charge is 2.10. The van der Waals surface area contributed by atoms with Gasteiger partial charge in [-0.25, -0.2) is 0 Å². The van der Waals surface area contributed by atoms with Crippen LogP contribution in [-0.4, -0.2) is 22.9 Å². The van der Waals surface area contributed by atoms with Gasteiger partial charge in [-0.2, -0.15) is 0 Å². The van der Waals surface area contributed by atoms with Crippen LogP contribution in [0.1, 0.15) is 18.1 Å². The van der Waals surface area contributed by atoms with Crippen molar-refractivity contribution in [3.63, 3.8) is 0 Å². The molecule has 2 atom stereocenters. The van der Waals surface area contributed by atoms with Crippen molar-refractivity contribution in [2.24, 2.45) is 5.73 Å². The van der Waals surface area contributed by atoms with Crippen LogP contribution in [-0.2, 0) is 0 Å². The molecule has 0 aliphatic heterocycles. The van der Waals surface area contributed by atoms with Gasteiger partial charge >= 0.3 is 0 Å². The number of aliphatic hydroxyl groups excluding tert-OH is 2. The molecule has 0 amide bonds. The summed E-state index contributed by atoms with van der Waals surface area (Å²) in [5, 5.41) is 18.3. The summed E-state index contributed by atoms with van der Waals surface area (Å²) in [6, 6.07) is 8.95. The summed E-state index contributed by atoms with van der Waals surface area (Å²) in [6.45, 7) is -0.0934. The average Bonchev–Trinajstić information content (AvgIpc) is 2.19. The topological polar surface area (TPSA) is 66.5 Å². The Balaban J connectivity index is 2.53. The molecular formula is C10H15NO2. The van der Waals surface area contributed by atoms with E-state index in [4.69, 9.17) is 10.8 Å². The minimum atomic E-state index is -0.580. The second-order valence-corrected chi connectivity index (χ2v) is 3.10. The quantitative estimate of drug-likeness (QED) is 0.631. The Morgan fingerprint density at radius 1 is 1.23 bits per heavy atom. The molecule has 0 fully saturated rings. The number of benzene rings is 1. The number of nitrogens with two attached hydrogens (primary N) is 1. The molecule has 0 aliphatic carbocycles. The first-order valence-electron chi connectivity index (χ1n) is 4.33. The molecule has 0 aliphatic rings. The molecule has 1 aromatic carbocycles. The van der Waals surface area contributed by atoms with Crippen molar-refractivity contribution in [2.75, 3.05) is 6.61 Å². The van der Waals surface area contributed by atoms with Gasteiger partial charge < -0.3 is 15.9 Å². The maximum atomic E-state index is 9.63. The predicted molar refractivity (Wildman–Crippen MR) is 51.1 cm³/mol. The van der Waals surface area contributed by atoms with E-state index in [0.717, 1.165) is 5.56 Å². The van der Waals surface area contributed by atoms with E-state index in [1.54, 1.807) is 0 Å². The summed E-state index contributed by atoms with van der Waals surface area (Å²) < 4.78 is 0. The van der Waals surface area contributed by atoms with E-state index < -0.39 is 6.10 Å².